The van der Waals surface area contributed by atoms with Gasteiger partial charge in [-0.3, -0.25) is 4.79 Å². The minimum absolute atomic E-state index is 0.0145. The molecule has 22 heavy (non-hydrogen) atoms. The van der Waals surface area contributed by atoms with Gasteiger partial charge < -0.3 is 10.5 Å². The fraction of sp³-hybridized carbons (Fsp3) is 0.385. The van der Waals surface area contributed by atoms with E-state index in [9.17, 15) is 18.0 Å². The smallest absolute Gasteiger partial charge is 0.340 e. The number of primary amides is 1. The lowest BCUT2D eigenvalue weighted by Crippen LogP contribution is -2.33. The van der Waals surface area contributed by atoms with Crippen molar-refractivity contribution in [2.75, 3.05) is 13.7 Å². The molecule has 1 amide bonds. The van der Waals surface area contributed by atoms with Gasteiger partial charge in [0.15, 0.2) is 6.61 Å². The molecule has 0 fully saturated rings. The van der Waals surface area contributed by atoms with Gasteiger partial charge in [0.05, 0.1) is 15.5 Å². The van der Waals surface area contributed by atoms with Gasteiger partial charge in [0.1, 0.15) is 0 Å². The number of nitrogens with zero attached hydrogens (tertiary/aromatic N) is 1. The van der Waals surface area contributed by atoms with Gasteiger partial charge in [0.2, 0.25) is 10.0 Å². The van der Waals surface area contributed by atoms with Crippen LogP contribution in [0.1, 0.15) is 24.2 Å². The van der Waals surface area contributed by atoms with Crippen LogP contribution in [0.3, 0.4) is 0 Å². The topological polar surface area (TPSA) is 107 Å². The van der Waals surface area contributed by atoms with Crippen LogP contribution in [0, 0.1) is 0 Å². The second-order valence-electron chi connectivity index (χ2n) is 4.80. The monoisotopic (exact) mass is 348 g/mol. The molecule has 1 aromatic rings. The Balaban J connectivity index is 3.19. The van der Waals surface area contributed by atoms with Crippen molar-refractivity contribution >= 4 is 33.5 Å². The maximum absolute atomic E-state index is 12.4. The second kappa shape index (κ2) is 7.08. The molecule has 0 aliphatic rings. The van der Waals surface area contributed by atoms with Gasteiger partial charge in [0, 0.05) is 13.1 Å². The number of ether oxygens (including phenoxy) is 1. The van der Waals surface area contributed by atoms with Crippen LogP contribution >= 0.6 is 11.6 Å². The number of carbonyl (C=O) groups is 2. The summed E-state index contributed by atoms with van der Waals surface area (Å²) in [5.41, 5.74) is 4.73. The molecule has 1 aromatic carbocycles. The Morgan fingerprint density at radius 1 is 1.36 bits per heavy atom. The highest BCUT2D eigenvalue weighted by atomic mass is 35.5. The second-order valence-corrected chi connectivity index (χ2v) is 7.20. The molecule has 0 bridgehead atoms. The lowest BCUT2D eigenvalue weighted by atomic mass is 10.2. The van der Waals surface area contributed by atoms with Crippen molar-refractivity contribution < 1.29 is 22.7 Å². The van der Waals surface area contributed by atoms with Crippen molar-refractivity contribution in [3.05, 3.63) is 28.8 Å². The van der Waals surface area contributed by atoms with E-state index in [0.717, 1.165) is 10.4 Å². The molecule has 9 heteroatoms. The molecule has 2 N–H and O–H groups in total. The van der Waals surface area contributed by atoms with Gasteiger partial charge in [-0.05, 0) is 32.0 Å². The van der Waals surface area contributed by atoms with Crippen LogP contribution in [0.25, 0.3) is 0 Å². The average Bonchev–Trinajstić information content (AvgIpc) is 2.43. The Bertz CT molecular complexity index is 688. The number of carbonyl (C=O) groups excluding carboxylic acids is 2. The number of amides is 1. The van der Waals surface area contributed by atoms with Gasteiger partial charge in [-0.15, -0.1) is 0 Å². The zero-order chi connectivity index (χ0) is 17.1. The van der Waals surface area contributed by atoms with Crippen molar-refractivity contribution in [1.82, 2.24) is 4.31 Å². The number of hydrogen-bond donors (Lipinski definition) is 1. The number of halogens is 1. The summed E-state index contributed by atoms with van der Waals surface area (Å²) in [5, 5.41) is 0.0145. The zero-order valence-electron chi connectivity index (χ0n) is 12.4. The maximum atomic E-state index is 12.4. The SMILES string of the molecule is CC(C)N(C)S(=O)(=O)c1ccc(Cl)c(C(=O)OCC(N)=O)c1. The maximum Gasteiger partial charge on any atom is 0.340 e. The van der Waals surface area contributed by atoms with Crippen molar-refractivity contribution in [2.45, 2.75) is 24.8 Å². The Hall–Kier alpha value is -1.64. The van der Waals surface area contributed by atoms with E-state index >= 15 is 0 Å². The first-order valence-electron chi connectivity index (χ1n) is 6.30. The normalized spacial score (nSPS) is 11.7. The molecule has 0 unspecified atom stereocenters. The van der Waals surface area contributed by atoms with Crippen molar-refractivity contribution in [3.8, 4) is 0 Å². The van der Waals surface area contributed by atoms with Crippen LogP contribution in [-0.4, -0.2) is 44.3 Å². The summed E-state index contributed by atoms with van der Waals surface area (Å²) in [6, 6.07) is 3.43. The van der Waals surface area contributed by atoms with Crippen LogP contribution in [0.2, 0.25) is 5.02 Å². The quantitative estimate of drug-likeness (QED) is 0.772. The molecule has 0 atom stereocenters. The van der Waals surface area contributed by atoms with E-state index in [2.05, 4.69) is 4.74 Å². The van der Waals surface area contributed by atoms with Crippen molar-refractivity contribution in [3.63, 3.8) is 0 Å². The molecule has 1 rings (SSSR count). The van der Waals surface area contributed by atoms with E-state index in [-0.39, 0.29) is 21.5 Å². The lowest BCUT2D eigenvalue weighted by molar-refractivity contribution is -0.121. The fourth-order valence-electron chi connectivity index (χ4n) is 1.48. The molecule has 122 valence electrons. The summed E-state index contributed by atoms with van der Waals surface area (Å²) in [6.07, 6.45) is 0. The molecule has 0 radical (unpaired) electrons. The number of hydrogen-bond acceptors (Lipinski definition) is 5. The molecule has 7 nitrogen and oxygen atoms in total. The Kier molecular flexibility index (Phi) is 5.92. The molecule has 0 saturated heterocycles. The van der Waals surface area contributed by atoms with E-state index in [0.29, 0.717) is 0 Å². The largest absolute Gasteiger partial charge is 0.452 e. The third-order valence-corrected chi connectivity index (χ3v) is 5.27. The molecule has 0 spiro atoms. The third kappa shape index (κ3) is 4.19. The third-order valence-electron chi connectivity index (χ3n) is 2.91. The van der Waals surface area contributed by atoms with Crippen molar-refractivity contribution in [1.29, 1.82) is 0 Å². The van der Waals surface area contributed by atoms with Crippen LogP contribution in [-0.2, 0) is 19.6 Å². The minimum Gasteiger partial charge on any atom is -0.452 e. The first-order valence-corrected chi connectivity index (χ1v) is 8.12. The van der Waals surface area contributed by atoms with Crippen LogP contribution in [0.4, 0.5) is 0 Å². The highest BCUT2D eigenvalue weighted by molar-refractivity contribution is 7.89. The summed E-state index contributed by atoms with van der Waals surface area (Å²) in [7, 11) is -2.34. The number of benzene rings is 1. The van der Waals surface area contributed by atoms with E-state index < -0.39 is 28.5 Å². The summed E-state index contributed by atoms with van der Waals surface area (Å²) in [6.45, 7) is 2.82. The highest BCUT2D eigenvalue weighted by Gasteiger charge is 2.25. The molecule has 0 heterocycles. The van der Waals surface area contributed by atoms with Gasteiger partial charge >= 0.3 is 5.97 Å². The molecule has 0 aromatic heterocycles. The van der Waals surface area contributed by atoms with E-state index in [1.165, 1.54) is 19.2 Å². The van der Waals surface area contributed by atoms with E-state index in [1.807, 2.05) is 0 Å². The molecule has 0 aliphatic carbocycles. The first kappa shape index (κ1) is 18.4. The molecular weight excluding hydrogens is 332 g/mol. The first-order chi connectivity index (χ1) is 10.1. The number of rotatable bonds is 6. The Morgan fingerprint density at radius 2 is 1.95 bits per heavy atom. The molecule has 0 saturated carbocycles. The van der Waals surface area contributed by atoms with Gasteiger partial charge in [-0.25, -0.2) is 13.2 Å². The van der Waals surface area contributed by atoms with Crippen LogP contribution in [0.15, 0.2) is 23.1 Å². The average molecular weight is 349 g/mol. The standard InChI is InChI=1S/C13H17ClN2O5S/c1-8(2)16(3)22(19,20)9-4-5-11(14)10(6-9)13(18)21-7-12(15)17/h4-6,8H,7H2,1-3H3,(H2,15,17). The summed E-state index contributed by atoms with van der Waals surface area (Å²) >= 11 is 5.87. The Morgan fingerprint density at radius 3 is 2.45 bits per heavy atom. The summed E-state index contributed by atoms with van der Waals surface area (Å²) in [5.74, 6) is -1.75. The zero-order valence-corrected chi connectivity index (χ0v) is 13.9. The van der Waals surface area contributed by atoms with Gasteiger partial charge in [-0.2, -0.15) is 4.31 Å². The Labute approximate surface area is 134 Å². The molecular formula is C13H17ClN2O5S. The van der Waals surface area contributed by atoms with Gasteiger partial charge in [0.25, 0.3) is 5.91 Å². The fourth-order valence-corrected chi connectivity index (χ4v) is 3.07. The van der Waals surface area contributed by atoms with Crippen molar-refractivity contribution in [2.24, 2.45) is 5.73 Å². The highest BCUT2D eigenvalue weighted by Crippen LogP contribution is 2.24. The van der Waals surface area contributed by atoms with Crippen LogP contribution < -0.4 is 5.73 Å². The lowest BCUT2D eigenvalue weighted by Gasteiger charge is -2.21. The number of nitrogens with two attached hydrogens (primary N) is 1. The number of esters is 1. The summed E-state index contributed by atoms with van der Waals surface area (Å²) < 4.78 is 30.6. The van der Waals surface area contributed by atoms with E-state index in [1.54, 1.807) is 13.8 Å². The van der Waals surface area contributed by atoms with Crippen LogP contribution in [0.5, 0.6) is 0 Å². The van der Waals surface area contributed by atoms with E-state index in [4.69, 9.17) is 17.3 Å². The summed E-state index contributed by atoms with van der Waals surface area (Å²) in [4.78, 5) is 22.4. The predicted octanol–water partition coefficient (Wildman–Crippen LogP) is 1.01. The minimum atomic E-state index is -3.77. The van der Waals surface area contributed by atoms with Gasteiger partial charge in [-0.1, -0.05) is 11.6 Å². The predicted molar refractivity (Wildman–Crippen MR) is 81.0 cm³/mol. The number of sulfonamides is 1. The molecule has 0 aliphatic heterocycles.